The Morgan fingerprint density at radius 1 is 1.03 bits per heavy atom. The van der Waals surface area contributed by atoms with Gasteiger partial charge in [0.05, 0.1) is 19.4 Å². The zero-order valence-corrected chi connectivity index (χ0v) is 23.7. The van der Waals surface area contributed by atoms with Crippen LogP contribution in [0, 0.1) is 0 Å². The van der Waals surface area contributed by atoms with Gasteiger partial charge in [0.25, 0.3) is 0 Å². The average molecular weight is 535 g/mol. The van der Waals surface area contributed by atoms with E-state index in [4.69, 9.17) is 4.74 Å². The van der Waals surface area contributed by atoms with Crippen molar-refractivity contribution in [3.63, 3.8) is 0 Å². The highest BCUT2D eigenvalue weighted by Gasteiger charge is 2.50. The molecule has 1 unspecified atom stereocenters. The van der Waals surface area contributed by atoms with Gasteiger partial charge in [-0.2, -0.15) is 0 Å². The van der Waals surface area contributed by atoms with Crippen molar-refractivity contribution in [2.24, 2.45) is 0 Å². The van der Waals surface area contributed by atoms with Crippen LogP contribution < -0.4 is 9.64 Å². The number of hydrogen-bond acceptors (Lipinski definition) is 5. The summed E-state index contributed by atoms with van der Waals surface area (Å²) in [6.45, 7) is 6.20. The summed E-state index contributed by atoms with van der Waals surface area (Å²) >= 11 is 0. The Morgan fingerprint density at radius 2 is 1.68 bits per heavy atom. The number of ether oxygens (including phenoxy) is 1. The van der Waals surface area contributed by atoms with Gasteiger partial charge in [-0.15, -0.1) is 0 Å². The van der Waals surface area contributed by atoms with E-state index in [1.807, 2.05) is 55.4 Å². The Hall–Kier alpha value is -2.81. The van der Waals surface area contributed by atoms with Gasteiger partial charge in [-0.1, -0.05) is 87.6 Å². The maximum absolute atomic E-state index is 14.8. The van der Waals surface area contributed by atoms with Crippen LogP contribution in [0.2, 0.25) is 6.82 Å². The van der Waals surface area contributed by atoms with Crippen molar-refractivity contribution in [1.82, 2.24) is 4.22 Å². The molecule has 3 aromatic rings. The molecule has 1 atom stereocenters. The van der Waals surface area contributed by atoms with Crippen molar-refractivity contribution in [2.45, 2.75) is 69.7 Å². The van der Waals surface area contributed by atoms with Crippen LogP contribution in [0.5, 0.6) is 5.75 Å². The Kier molecular flexibility index (Phi) is 8.86. The quantitative estimate of drug-likeness (QED) is 0.320. The lowest BCUT2D eigenvalue weighted by Gasteiger charge is -2.46. The first kappa shape index (κ1) is 28.2. The van der Waals surface area contributed by atoms with Gasteiger partial charge < -0.3 is 14.7 Å². The second-order valence-electron chi connectivity index (χ2n) is 10.2. The number of sulfonamides is 1. The maximum Gasteiger partial charge on any atom is 0.244 e. The van der Waals surface area contributed by atoms with Crippen molar-refractivity contribution in [1.29, 1.82) is 0 Å². The number of unbranched alkanes of at least 4 members (excludes halogenated alkanes) is 1. The van der Waals surface area contributed by atoms with Gasteiger partial charge in [0.15, 0.2) is 0 Å². The first-order valence-electron chi connectivity index (χ1n) is 13.5. The van der Waals surface area contributed by atoms with Gasteiger partial charge in [0, 0.05) is 29.4 Å². The zero-order chi connectivity index (χ0) is 27.3. The molecule has 1 aliphatic rings. The third-order valence-electron chi connectivity index (χ3n) is 7.78. The third kappa shape index (κ3) is 5.35. The molecule has 8 heteroatoms. The molecular weight excluding hydrogens is 495 g/mol. The van der Waals surface area contributed by atoms with Gasteiger partial charge in [-0.3, -0.25) is 0 Å². The Balaban J connectivity index is 2.00. The van der Waals surface area contributed by atoms with Gasteiger partial charge in [0.1, 0.15) is 10.6 Å². The largest absolute Gasteiger partial charge is 0.496 e. The minimum Gasteiger partial charge on any atom is -0.496 e. The van der Waals surface area contributed by atoms with E-state index >= 15 is 0 Å². The maximum atomic E-state index is 14.8. The molecule has 6 nitrogen and oxygen atoms in total. The van der Waals surface area contributed by atoms with E-state index in [9.17, 15) is 13.5 Å². The molecule has 38 heavy (non-hydrogen) atoms. The van der Waals surface area contributed by atoms with Crippen LogP contribution >= 0.6 is 0 Å². The molecule has 0 radical (unpaired) electrons. The minimum atomic E-state index is -3.96. The molecule has 1 N–H and O–H groups in total. The number of nitrogens with zero attached hydrogens (tertiary/aromatic N) is 2. The molecule has 0 aliphatic carbocycles. The SMILES string of the molecule is CCCCC1(CC)CN(c2ccccc2)c2cc(OC)c(CO)cc2S(=O)(=O)N1B(C)Cc1ccccc1. The second kappa shape index (κ2) is 11.9. The monoisotopic (exact) mass is 534 g/mol. The molecule has 0 saturated carbocycles. The summed E-state index contributed by atoms with van der Waals surface area (Å²) in [4.78, 5) is 2.34. The van der Waals surface area contributed by atoms with E-state index in [2.05, 4.69) is 30.9 Å². The lowest BCUT2D eigenvalue weighted by molar-refractivity contribution is 0.243. The fraction of sp³-hybridized carbons (Fsp3) is 0.400. The third-order valence-corrected chi connectivity index (χ3v) is 9.92. The number of methoxy groups -OCH3 is 1. The molecule has 1 aliphatic heterocycles. The highest BCUT2D eigenvalue weighted by atomic mass is 32.2. The Labute approximate surface area is 228 Å². The summed E-state index contributed by atoms with van der Waals surface area (Å²) < 4.78 is 37.0. The molecule has 202 valence electrons. The number of rotatable bonds is 10. The minimum absolute atomic E-state index is 0.206. The predicted octanol–water partition coefficient (Wildman–Crippen LogP) is 6.07. The van der Waals surface area contributed by atoms with E-state index in [-0.39, 0.29) is 18.4 Å². The van der Waals surface area contributed by atoms with Gasteiger partial charge >= 0.3 is 0 Å². The summed E-state index contributed by atoms with van der Waals surface area (Å²) in [5, 5.41) is 10.1. The predicted molar refractivity (Wildman–Crippen MR) is 156 cm³/mol. The van der Waals surface area contributed by atoms with Crippen molar-refractivity contribution >= 4 is 28.2 Å². The number of benzene rings is 3. The number of fused-ring (bicyclic) bond motifs is 1. The lowest BCUT2D eigenvalue weighted by atomic mass is 9.57. The van der Waals surface area contributed by atoms with Gasteiger partial charge in [-0.05, 0) is 37.4 Å². The number of para-hydroxylation sites is 1. The van der Waals surface area contributed by atoms with Crippen molar-refractivity contribution in [2.75, 3.05) is 18.6 Å². The molecule has 0 amide bonds. The number of aliphatic hydroxyl groups is 1. The van der Waals surface area contributed by atoms with Crippen molar-refractivity contribution in [3.8, 4) is 5.75 Å². The van der Waals surface area contributed by atoms with Crippen LogP contribution in [-0.4, -0.2) is 43.8 Å². The summed E-state index contributed by atoms with van der Waals surface area (Å²) in [5.74, 6) is 0.476. The highest BCUT2D eigenvalue weighted by molar-refractivity contribution is 7.90. The lowest BCUT2D eigenvalue weighted by Crippen LogP contribution is -2.60. The fourth-order valence-electron chi connectivity index (χ4n) is 5.85. The summed E-state index contributed by atoms with van der Waals surface area (Å²) in [6.07, 6.45) is 3.93. The first-order valence-corrected chi connectivity index (χ1v) is 15.0. The zero-order valence-electron chi connectivity index (χ0n) is 22.9. The molecule has 4 rings (SSSR count). The summed E-state index contributed by atoms with van der Waals surface area (Å²) in [7, 11) is -2.42. The van der Waals surface area contributed by atoms with Crippen LogP contribution in [0.1, 0.15) is 50.7 Å². The topological polar surface area (TPSA) is 70.1 Å². The van der Waals surface area contributed by atoms with Crippen molar-refractivity contribution < 1.29 is 18.3 Å². The molecule has 0 aromatic heterocycles. The van der Waals surface area contributed by atoms with Crippen LogP contribution in [0.3, 0.4) is 0 Å². The molecule has 3 aromatic carbocycles. The Morgan fingerprint density at radius 3 is 2.26 bits per heavy atom. The van der Waals surface area contributed by atoms with Gasteiger partial charge in [0.2, 0.25) is 16.9 Å². The van der Waals surface area contributed by atoms with Crippen molar-refractivity contribution in [3.05, 3.63) is 83.9 Å². The summed E-state index contributed by atoms with van der Waals surface area (Å²) in [5.41, 5.74) is 2.43. The number of hydrogen-bond donors (Lipinski definition) is 1. The highest BCUT2D eigenvalue weighted by Crippen LogP contribution is 2.46. The number of anilines is 2. The van der Waals surface area contributed by atoms with E-state index in [1.54, 1.807) is 23.5 Å². The second-order valence-corrected chi connectivity index (χ2v) is 12.0. The molecule has 0 spiro atoms. The molecule has 0 fully saturated rings. The molecular formula is C30H39BN2O4S. The van der Waals surface area contributed by atoms with E-state index in [1.165, 1.54) is 0 Å². The molecule has 1 heterocycles. The normalized spacial score (nSPS) is 19.0. The van der Waals surface area contributed by atoms with Crippen LogP contribution in [0.25, 0.3) is 0 Å². The smallest absolute Gasteiger partial charge is 0.244 e. The summed E-state index contributed by atoms with van der Waals surface area (Å²) in [6, 6.07) is 23.4. The van der Waals surface area contributed by atoms with E-state index < -0.39 is 15.6 Å². The van der Waals surface area contributed by atoms with Crippen LogP contribution in [-0.2, 0) is 23.0 Å². The van der Waals surface area contributed by atoms with E-state index in [0.29, 0.717) is 36.3 Å². The standard InChI is InChI=1S/C30H39BN2O4S/c1-5-7-18-30(6-2)23-32(26-16-12-9-13-17-26)27-20-28(37-4)25(22-34)19-29(27)38(35,36)33(30)31(3)21-24-14-10-8-11-15-24/h8-17,19-20,34H,5-7,18,21-23H2,1-4H3. The Bertz CT molecular complexity index is 1320. The number of aliphatic hydroxyl groups excluding tert-OH is 1. The molecule has 0 saturated heterocycles. The van der Waals surface area contributed by atoms with Crippen LogP contribution in [0.4, 0.5) is 11.4 Å². The first-order chi connectivity index (χ1) is 18.3. The van der Waals surface area contributed by atoms with Gasteiger partial charge in [-0.25, -0.2) is 12.6 Å². The average Bonchev–Trinajstić information content (AvgIpc) is 3.02. The fourth-order valence-corrected chi connectivity index (χ4v) is 8.13. The van der Waals surface area contributed by atoms with Crippen LogP contribution in [0.15, 0.2) is 77.7 Å². The van der Waals surface area contributed by atoms with E-state index in [0.717, 1.165) is 30.5 Å². The molecule has 0 bridgehead atoms.